The van der Waals surface area contributed by atoms with Crippen molar-refractivity contribution < 1.29 is 0 Å². The maximum atomic E-state index is 12.5. The maximum absolute atomic E-state index is 12.5. The van der Waals surface area contributed by atoms with Gasteiger partial charge in [-0.1, -0.05) is 24.3 Å². The monoisotopic (exact) mass is 237 g/mol. The van der Waals surface area contributed by atoms with E-state index in [4.69, 9.17) is 0 Å². The Labute approximate surface area is 105 Å². The van der Waals surface area contributed by atoms with Gasteiger partial charge >= 0.3 is 0 Å². The van der Waals surface area contributed by atoms with E-state index in [-0.39, 0.29) is 5.43 Å². The van der Waals surface area contributed by atoms with Gasteiger partial charge in [0.2, 0.25) is 0 Å². The van der Waals surface area contributed by atoms with Gasteiger partial charge in [0.05, 0.1) is 11.0 Å². The van der Waals surface area contributed by atoms with Gasteiger partial charge in [0.15, 0.2) is 5.43 Å². The van der Waals surface area contributed by atoms with Crippen molar-refractivity contribution in [2.45, 2.75) is 13.8 Å². The van der Waals surface area contributed by atoms with E-state index >= 15 is 0 Å². The number of pyridine rings is 1. The second-order valence-electron chi connectivity index (χ2n) is 4.83. The van der Waals surface area contributed by atoms with Gasteiger partial charge in [0.25, 0.3) is 0 Å². The topological polar surface area (TPSA) is 22.0 Å². The minimum absolute atomic E-state index is 0.130. The molecule has 0 spiro atoms. The molecule has 0 atom stereocenters. The zero-order valence-electron chi connectivity index (χ0n) is 10.8. The van der Waals surface area contributed by atoms with Crippen molar-refractivity contribution in [2.75, 3.05) is 0 Å². The Bertz CT molecular complexity index is 762. The third-order valence-corrected chi connectivity index (χ3v) is 3.64. The van der Waals surface area contributed by atoms with Gasteiger partial charge in [-0.2, -0.15) is 0 Å². The van der Waals surface area contributed by atoms with Gasteiger partial charge in [0.1, 0.15) is 0 Å². The van der Waals surface area contributed by atoms with Crippen LogP contribution in [0.4, 0.5) is 0 Å². The second-order valence-corrected chi connectivity index (χ2v) is 4.83. The maximum Gasteiger partial charge on any atom is 0.197 e. The largest absolute Gasteiger partial charge is 0.343 e. The van der Waals surface area contributed by atoms with Crippen LogP contribution in [0.15, 0.2) is 41.2 Å². The Morgan fingerprint density at radius 3 is 1.72 bits per heavy atom. The summed E-state index contributed by atoms with van der Waals surface area (Å²) >= 11 is 0. The summed E-state index contributed by atoms with van der Waals surface area (Å²) in [5, 5.41) is 1.60. The molecule has 3 aromatic rings. The fourth-order valence-corrected chi connectivity index (χ4v) is 2.83. The minimum Gasteiger partial charge on any atom is -0.343 e. The van der Waals surface area contributed by atoms with Gasteiger partial charge in [-0.05, 0) is 37.1 Å². The van der Waals surface area contributed by atoms with E-state index in [1.54, 1.807) is 0 Å². The molecular formula is C16H15NO. The highest BCUT2D eigenvalue weighted by atomic mass is 16.1. The van der Waals surface area contributed by atoms with Crippen LogP contribution in [0.1, 0.15) is 11.1 Å². The summed E-state index contributed by atoms with van der Waals surface area (Å²) < 4.78 is 2.14. The lowest BCUT2D eigenvalue weighted by Crippen LogP contribution is -2.10. The molecule has 2 heteroatoms. The van der Waals surface area contributed by atoms with Crippen LogP contribution in [0, 0.1) is 13.8 Å². The van der Waals surface area contributed by atoms with Gasteiger partial charge in [-0.15, -0.1) is 0 Å². The Morgan fingerprint density at radius 1 is 0.833 bits per heavy atom. The van der Waals surface area contributed by atoms with Crippen LogP contribution in [0.3, 0.4) is 0 Å². The van der Waals surface area contributed by atoms with Crippen molar-refractivity contribution >= 4 is 21.8 Å². The van der Waals surface area contributed by atoms with Crippen LogP contribution in [0.25, 0.3) is 21.8 Å². The standard InChI is InChI=1S/C16H15NO/c1-10-6-4-8-12-14(10)17(3)15-11(2)7-5-9-13(15)16(12)18/h4-9H,1-3H3. The number of rotatable bonds is 0. The summed E-state index contributed by atoms with van der Waals surface area (Å²) in [6, 6.07) is 11.8. The highest BCUT2D eigenvalue weighted by Crippen LogP contribution is 2.22. The predicted octanol–water partition coefficient (Wildman–Crippen LogP) is 3.31. The highest BCUT2D eigenvalue weighted by Gasteiger charge is 2.10. The van der Waals surface area contributed by atoms with Gasteiger partial charge in [0, 0.05) is 17.8 Å². The van der Waals surface area contributed by atoms with E-state index in [2.05, 4.69) is 4.57 Å². The van der Waals surface area contributed by atoms with Crippen molar-refractivity contribution in [1.29, 1.82) is 0 Å². The van der Waals surface area contributed by atoms with Crippen LogP contribution in [0.5, 0.6) is 0 Å². The molecular weight excluding hydrogens is 222 g/mol. The number of benzene rings is 2. The average Bonchev–Trinajstić information content (AvgIpc) is 2.35. The van der Waals surface area contributed by atoms with E-state index in [0.29, 0.717) is 0 Å². The number of nitrogens with zero attached hydrogens (tertiary/aromatic N) is 1. The molecule has 3 rings (SSSR count). The van der Waals surface area contributed by atoms with Crippen molar-refractivity contribution in [3.8, 4) is 0 Å². The normalized spacial score (nSPS) is 11.3. The van der Waals surface area contributed by atoms with Gasteiger partial charge in [-0.25, -0.2) is 0 Å². The van der Waals surface area contributed by atoms with Crippen molar-refractivity contribution in [1.82, 2.24) is 4.57 Å². The number of hydrogen-bond donors (Lipinski definition) is 0. The molecule has 2 nitrogen and oxygen atoms in total. The highest BCUT2D eigenvalue weighted by molar-refractivity contribution is 5.95. The lowest BCUT2D eigenvalue weighted by atomic mass is 10.0. The predicted molar refractivity (Wildman–Crippen MR) is 76.2 cm³/mol. The Kier molecular flexibility index (Phi) is 2.27. The van der Waals surface area contributed by atoms with E-state index in [1.165, 1.54) is 0 Å². The molecule has 0 N–H and O–H groups in total. The number of hydrogen-bond acceptors (Lipinski definition) is 1. The molecule has 0 radical (unpaired) electrons. The molecule has 90 valence electrons. The summed E-state index contributed by atoms with van der Waals surface area (Å²) in [6.45, 7) is 4.10. The smallest absolute Gasteiger partial charge is 0.197 e. The van der Waals surface area contributed by atoms with Crippen LogP contribution >= 0.6 is 0 Å². The molecule has 0 aliphatic carbocycles. The Hall–Kier alpha value is -2.09. The van der Waals surface area contributed by atoms with E-state index < -0.39 is 0 Å². The van der Waals surface area contributed by atoms with Crippen molar-refractivity contribution in [2.24, 2.45) is 7.05 Å². The summed E-state index contributed by atoms with van der Waals surface area (Å²) in [4.78, 5) is 12.5. The minimum atomic E-state index is 0.130. The van der Waals surface area contributed by atoms with E-state index in [9.17, 15) is 4.79 Å². The quantitative estimate of drug-likeness (QED) is 0.550. The molecule has 0 fully saturated rings. The summed E-state index contributed by atoms with van der Waals surface area (Å²) in [7, 11) is 2.03. The molecule has 0 bridgehead atoms. The van der Waals surface area contributed by atoms with Crippen molar-refractivity contribution in [3.63, 3.8) is 0 Å². The lowest BCUT2D eigenvalue weighted by molar-refractivity contribution is 0.990. The molecule has 0 saturated heterocycles. The first-order valence-corrected chi connectivity index (χ1v) is 6.09. The third-order valence-electron chi connectivity index (χ3n) is 3.64. The molecule has 0 aliphatic heterocycles. The molecule has 1 aromatic heterocycles. The first kappa shape index (κ1) is 11.0. The molecule has 18 heavy (non-hydrogen) atoms. The Morgan fingerprint density at radius 2 is 1.28 bits per heavy atom. The summed E-state index contributed by atoms with van der Waals surface area (Å²) in [5.41, 5.74) is 4.47. The lowest BCUT2D eigenvalue weighted by Gasteiger charge is -2.14. The first-order valence-electron chi connectivity index (χ1n) is 6.09. The number of aromatic nitrogens is 1. The van der Waals surface area contributed by atoms with Gasteiger partial charge in [-0.3, -0.25) is 4.79 Å². The molecule has 0 unspecified atom stereocenters. The van der Waals surface area contributed by atoms with E-state index in [1.807, 2.05) is 57.3 Å². The molecule has 0 aliphatic rings. The number of para-hydroxylation sites is 2. The van der Waals surface area contributed by atoms with Crippen LogP contribution in [-0.4, -0.2) is 4.57 Å². The van der Waals surface area contributed by atoms with Crippen molar-refractivity contribution in [3.05, 3.63) is 57.7 Å². The first-order chi connectivity index (χ1) is 8.61. The number of fused-ring (bicyclic) bond motifs is 2. The molecule has 0 amide bonds. The average molecular weight is 237 g/mol. The van der Waals surface area contributed by atoms with Crippen LogP contribution in [0.2, 0.25) is 0 Å². The molecule has 2 aromatic carbocycles. The fourth-order valence-electron chi connectivity index (χ4n) is 2.83. The second kappa shape index (κ2) is 3.70. The summed E-state index contributed by atoms with van der Waals surface area (Å²) in [5.74, 6) is 0. The molecule has 1 heterocycles. The SMILES string of the molecule is Cc1cccc2c(=O)c3cccc(C)c3n(C)c12. The Balaban J connectivity index is 2.76. The number of aryl methyl sites for hydroxylation is 3. The van der Waals surface area contributed by atoms with Gasteiger partial charge < -0.3 is 4.57 Å². The van der Waals surface area contributed by atoms with Crippen LogP contribution in [-0.2, 0) is 7.05 Å². The molecule has 0 saturated carbocycles. The zero-order valence-corrected chi connectivity index (χ0v) is 10.8. The van der Waals surface area contributed by atoms with E-state index in [0.717, 1.165) is 32.9 Å². The third kappa shape index (κ3) is 1.32. The van der Waals surface area contributed by atoms with Crippen LogP contribution < -0.4 is 5.43 Å². The fraction of sp³-hybridized carbons (Fsp3) is 0.188. The zero-order chi connectivity index (χ0) is 12.9. The summed E-state index contributed by atoms with van der Waals surface area (Å²) in [6.07, 6.45) is 0.